The predicted octanol–water partition coefficient (Wildman–Crippen LogP) is 4.32. The van der Waals surface area contributed by atoms with Crippen LogP contribution in [0.4, 0.5) is 0 Å². The van der Waals surface area contributed by atoms with Crippen LogP contribution in [0.2, 0.25) is 11.1 Å². The van der Waals surface area contributed by atoms with Gasteiger partial charge in [0.15, 0.2) is 0 Å². The third-order valence-corrected chi connectivity index (χ3v) is 5.74. The second-order valence-corrected chi connectivity index (χ2v) is 8.68. The summed E-state index contributed by atoms with van der Waals surface area (Å²) in [6.45, 7) is 9.63. The molecule has 1 rings (SSSR count). The predicted molar refractivity (Wildman–Crippen MR) is 76.2 cm³/mol. The van der Waals surface area contributed by atoms with Crippen molar-refractivity contribution >= 4 is 9.04 Å². The molecule has 0 saturated carbocycles. The molecule has 0 aromatic carbocycles. The highest BCUT2D eigenvalue weighted by Gasteiger charge is 2.21. The summed E-state index contributed by atoms with van der Waals surface area (Å²) in [6, 6.07) is 0. The van der Waals surface area contributed by atoms with Gasteiger partial charge in [0.05, 0.1) is 6.61 Å². The second-order valence-electron chi connectivity index (χ2n) is 5.28. The van der Waals surface area contributed by atoms with E-state index in [1.54, 1.807) is 0 Å². The quantitative estimate of drug-likeness (QED) is 0.532. The monoisotopic (exact) mass is 249 g/mol. The molecule has 0 amide bonds. The lowest BCUT2D eigenvalue weighted by Crippen LogP contribution is -2.25. The summed E-state index contributed by atoms with van der Waals surface area (Å²) in [5.41, 5.74) is 2.65. The lowest BCUT2D eigenvalue weighted by atomic mass is 10.0. The highest BCUT2D eigenvalue weighted by molar-refractivity contribution is 6.55. The van der Waals surface area contributed by atoms with Crippen molar-refractivity contribution in [3.05, 3.63) is 11.6 Å². The van der Waals surface area contributed by atoms with Crippen molar-refractivity contribution in [3.63, 3.8) is 0 Å². The molecule has 2 heteroatoms. The van der Waals surface area contributed by atoms with Gasteiger partial charge in [-0.15, -0.1) is 0 Å². The molecule has 0 bridgehead atoms. The molecule has 95 valence electrons. The smallest absolute Gasteiger partial charge is 0.218 e. The van der Waals surface area contributed by atoms with E-state index in [4.69, 9.17) is 4.43 Å². The molecule has 0 aromatic rings. The van der Waals surface area contributed by atoms with Crippen LogP contribution in [-0.2, 0) is 4.43 Å². The maximum atomic E-state index is 5.96. The van der Waals surface area contributed by atoms with Crippen molar-refractivity contribution in [2.45, 2.75) is 64.5 Å². The minimum atomic E-state index is -0.703. The molecular formula is C15H25OSi. The van der Waals surface area contributed by atoms with Gasteiger partial charge in [-0.05, 0) is 42.3 Å². The van der Waals surface area contributed by atoms with Crippen LogP contribution in [0.1, 0.15) is 53.4 Å². The summed E-state index contributed by atoms with van der Waals surface area (Å²) in [5.74, 6) is 6.44. The minimum absolute atomic E-state index is 0.613. The molecule has 0 fully saturated rings. The summed E-state index contributed by atoms with van der Waals surface area (Å²) in [4.78, 5) is 0. The maximum absolute atomic E-state index is 5.96. The van der Waals surface area contributed by atoms with Crippen molar-refractivity contribution < 1.29 is 4.43 Å². The van der Waals surface area contributed by atoms with E-state index in [-0.39, 0.29) is 0 Å². The normalized spacial score (nSPS) is 16.1. The maximum Gasteiger partial charge on any atom is 0.218 e. The molecular weight excluding hydrogens is 224 g/mol. The van der Waals surface area contributed by atoms with E-state index in [2.05, 4.69) is 45.6 Å². The fourth-order valence-corrected chi connectivity index (χ4v) is 4.46. The Labute approximate surface area is 108 Å². The molecule has 1 aliphatic carbocycles. The van der Waals surface area contributed by atoms with Crippen molar-refractivity contribution in [2.24, 2.45) is 0 Å². The van der Waals surface area contributed by atoms with Crippen LogP contribution in [-0.4, -0.2) is 15.6 Å². The highest BCUT2D eigenvalue weighted by atomic mass is 28.3. The van der Waals surface area contributed by atoms with Gasteiger partial charge in [0.25, 0.3) is 0 Å². The molecule has 0 atom stereocenters. The van der Waals surface area contributed by atoms with E-state index >= 15 is 0 Å². The Morgan fingerprint density at radius 3 is 2.47 bits per heavy atom. The Morgan fingerprint density at radius 1 is 1.24 bits per heavy atom. The Morgan fingerprint density at radius 2 is 1.94 bits per heavy atom. The van der Waals surface area contributed by atoms with Crippen LogP contribution >= 0.6 is 0 Å². The van der Waals surface area contributed by atoms with Gasteiger partial charge in [-0.1, -0.05) is 45.6 Å². The van der Waals surface area contributed by atoms with Gasteiger partial charge in [0.2, 0.25) is 9.04 Å². The molecule has 0 heterocycles. The zero-order valence-corrected chi connectivity index (χ0v) is 12.7. The van der Waals surface area contributed by atoms with Crippen molar-refractivity contribution in [3.8, 4) is 11.8 Å². The Bertz CT molecular complexity index is 299. The average Bonchev–Trinajstić information content (AvgIpc) is 2.29. The summed E-state index contributed by atoms with van der Waals surface area (Å²) < 4.78 is 5.96. The van der Waals surface area contributed by atoms with E-state index in [1.165, 1.54) is 31.3 Å². The molecule has 0 spiro atoms. The fraction of sp³-hybridized carbons (Fsp3) is 0.733. The summed E-state index contributed by atoms with van der Waals surface area (Å²) in [7, 11) is -0.703. The van der Waals surface area contributed by atoms with E-state index < -0.39 is 9.04 Å². The minimum Gasteiger partial charge on any atom is -0.405 e. The van der Waals surface area contributed by atoms with Crippen LogP contribution in [0.25, 0.3) is 0 Å². The van der Waals surface area contributed by atoms with Gasteiger partial charge in [-0.25, -0.2) is 0 Å². The third-order valence-electron chi connectivity index (χ3n) is 2.99. The molecule has 0 saturated heterocycles. The first kappa shape index (κ1) is 14.5. The van der Waals surface area contributed by atoms with E-state index in [0.29, 0.717) is 17.7 Å². The first-order valence-corrected chi connectivity index (χ1v) is 8.35. The fourth-order valence-electron chi connectivity index (χ4n) is 2.22. The largest absolute Gasteiger partial charge is 0.405 e. The number of hydrogen-bond donors (Lipinski definition) is 0. The van der Waals surface area contributed by atoms with Gasteiger partial charge in [0, 0.05) is 0 Å². The molecule has 0 aliphatic heterocycles. The third kappa shape index (κ3) is 5.56. The van der Waals surface area contributed by atoms with Gasteiger partial charge in [-0.3, -0.25) is 0 Å². The SMILES string of the molecule is CC(C)[Si](OCC#CC1=CCCCC1)C(C)C. The van der Waals surface area contributed by atoms with Crippen LogP contribution in [0.5, 0.6) is 0 Å². The Kier molecular flexibility index (Phi) is 6.62. The second kappa shape index (κ2) is 7.74. The zero-order chi connectivity index (χ0) is 12.7. The first-order chi connectivity index (χ1) is 8.11. The van der Waals surface area contributed by atoms with Crippen molar-refractivity contribution in [2.75, 3.05) is 6.61 Å². The molecule has 1 nitrogen and oxygen atoms in total. The van der Waals surface area contributed by atoms with E-state index in [1.807, 2.05) is 0 Å². The van der Waals surface area contributed by atoms with Crippen molar-refractivity contribution in [1.29, 1.82) is 0 Å². The highest BCUT2D eigenvalue weighted by Crippen LogP contribution is 2.20. The lowest BCUT2D eigenvalue weighted by Gasteiger charge is -2.20. The van der Waals surface area contributed by atoms with Gasteiger partial charge in [-0.2, -0.15) is 0 Å². The van der Waals surface area contributed by atoms with Crippen LogP contribution in [0.15, 0.2) is 11.6 Å². The summed E-state index contributed by atoms with van der Waals surface area (Å²) in [5, 5.41) is 0. The first-order valence-electron chi connectivity index (χ1n) is 6.78. The zero-order valence-electron chi connectivity index (χ0n) is 11.7. The molecule has 0 N–H and O–H groups in total. The molecule has 0 aromatic heterocycles. The molecule has 0 unspecified atom stereocenters. The van der Waals surface area contributed by atoms with Crippen molar-refractivity contribution in [1.82, 2.24) is 0 Å². The number of hydrogen-bond acceptors (Lipinski definition) is 1. The van der Waals surface area contributed by atoms with E-state index in [0.717, 1.165) is 0 Å². The Balaban J connectivity index is 2.35. The topological polar surface area (TPSA) is 9.23 Å². The standard InChI is InChI=1S/C15H25OSi/c1-13(2)17(14(3)4)16-12-8-11-15-9-6-5-7-10-15/h9,13-14H,5-7,10,12H2,1-4H3. The number of allylic oxidation sites excluding steroid dienone is 2. The molecule has 1 radical (unpaired) electrons. The number of rotatable bonds is 4. The summed E-state index contributed by atoms with van der Waals surface area (Å²) in [6.07, 6.45) is 7.29. The van der Waals surface area contributed by atoms with Gasteiger partial charge >= 0.3 is 0 Å². The lowest BCUT2D eigenvalue weighted by molar-refractivity contribution is 0.358. The van der Waals surface area contributed by atoms with Gasteiger partial charge < -0.3 is 4.43 Å². The Hall–Kier alpha value is -0.523. The summed E-state index contributed by atoms with van der Waals surface area (Å²) >= 11 is 0. The van der Waals surface area contributed by atoms with Crippen LogP contribution in [0, 0.1) is 11.8 Å². The molecule has 17 heavy (non-hydrogen) atoms. The van der Waals surface area contributed by atoms with E-state index in [9.17, 15) is 0 Å². The molecule has 1 aliphatic rings. The van der Waals surface area contributed by atoms with Crippen LogP contribution in [0.3, 0.4) is 0 Å². The van der Waals surface area contributed by atoms with Crippen LogP contribution < -0.4 is 0 Å². The average molecular weight is 249 g/mol. The van der Waals surface area contributed by atoms with Gasteiger partial charge in [0.1, 0.15) is 0 Å².